The predicted molar refractivity (Wildman–Crippen MR) is 65.3 cm³/mol. The topological polar surface area (TPSA) is 46.2 Å². The van der Waals surface area contributed by atoms with E-state index in [-0.39, 0.29) is 5.75 Å². The van der Waals surface area contributed by atoms with Crippen LogP contribution >= 0.6 is 15.9 Å². The molecule has 0 atom stereocenters. The molecule has 15 heavy (non-hydrogen) atoms. The summed E-state index contributed by atoms with van der Waals surface area (Å²) in [7, 11) is -3.12. The molecule has 1 N–H and O–H groups in total. The SMILES string of the molecule is CCNS(=O)(=O)CCc1ccccc1Br. The van der Waals surface area contributed by atoms with E-state index in [2.05, 4.69) is 20.7 Å². The van der Waals surface area contributed by atoms with Crippen molar-refractivity contribution >= 4 is 26.0 Å². The lowest BCUT2D eigenvalue weighted by molar-refractivity contribution is 0.583. The fraction of sp³-hybridized carbons (Fsp3) is 0.400. The quantitative estimate of drug-likeness (QED) is 0.901. The number of hydrogen-bond donors (Lipinski definition) is 1. The molecule has 5 heteroatoms. The Morgan fingerprint density at radius 2 is 2.00 bits per heavy atom. The van der Waals surface area contributed by atoms with Gasteiger partial charge in [-0.3, -0.25) is 0 Å². The molecule has 84 valence electrons. The van der Waals surface area contributed by atoms with E-state index in [1.54, 1.807) is 6.92 Å². The van der Waals surface area contributed by atoms with Gasteiger partial charge in [0.25, 0.3) is 0 Å². The summed E-state index contributed by atoms with van der Waals surface area (Å²) in [6.45, 7) is 2.22. The molecule has 1 aromatic carbocycles. The predicted octanol–water partition coefficient (Wildman–Crippen LogP) is 1.93. The second kappa shape index (κ2) is 5.63. The van der Waals surface area contributed by atoms with Gasteiger partial charge in [-0.2, -0.15) is 0 Å². The lowest BCUT2D eigenvalue weighted by Gasteiger charge is -2.05. The van der Waals surface area contributed by atoms with Gasteiger partial charge in [0, 0.05) is 11.0 Å². The van der Waals surface area contributed by atoms with Crippen molar-refractivity contribution in [1.29, 1.82) is 0 Å². The molecule has 0 radical (unpaired) electrons. The van der Waals surface area contributed by atoms with Crippen molar-refractivity contribution in [1.82, 2.24) is 4.72 Å². The molecular formula is C10H14BrNO2S. The number of benzene rings is 1. The van der Waals surface area contributed by atoms with Crippen molar-refractivity contribution in [3.63, 3.8) is 0 Å². The number of rotatable bonds is 5. The summed E-state index contributed by atoms with van der Waals surface area (Å²) < 4.78 is 26.2. The lowest BCUT2D eigenvalue weighted by Crippen LogP contribution is -2.26. The normalized spacial score (nSPS) is 11.6. The molecule has 0 aliphatic rings. The minimum atomic E-state index is -3.12. The van der Waals surface area contributed by atoms with Crippen molar-refractivity contribution in [2.24, 2.45) is 0 Å². The fourth-order valence-electron chi connectivity index (χ4n) is 1.24. The molecule has 0 saturated carbocycles. The summed E-state index contributed by atoms with van der Waals surface area (Å²) in [5, 5.41) is 0. The maximum atomic E-state index is 11.4. The van der Waals surface area contributed by atoms with E-state index in [1.165, 1.54) is 0 Å². The monoisotopic (exact) mass is 291 g/mol. The van der Waals surface area contributed by atoms with Crippen molar-refractivity contribution < 1.29 is 8.42 Å². The molecule has 3 nitrogen and oxygen atoms in total. The van der Waals surface area contributed by atoms with Gasteiger partial charge in [-0.05, 0) is 18.1 Å². The minimum absolute atomic E-state index is 0.128. The van der Waals surface area contributed by atoms with Gasteiger partial charge >= 0.3 is 0 Å². The van der Waals surface area contributed by atoms with Gasteiger partial charge in [0.1, 0.15) is 0 Å². The molecule has 0 aliphatic heterocycles. The molecule has 0 amide bonds. The molecule has 0 heterocycles. The Morgan fingerprint density at radius 1 is 1.33 bits per heavy atom. The smallest absolute Gasteiger partial charge is 0.211 e. The van der Waals surface area contributed by atoms with E-state index >= 15 is 0 Å². The Labute approximate surface area is 99.1 Å². The van der Waals surface area contributed by atoms with Gasteiger partial charge in [-0.1, -0.05) is 41.1 Å². The van der Waals surface area contributed by atoms with E-state index in [0.29, 0.717) is 13.0 Å². The molecule has 0 spiro atoms. The molecule has 0 fully saturated rings. The summed E-state index contributed by atoms with van der Waals surface area (Å²) in [4.78, 5) is 0. The first-order valence-electron chi connectivity index (χ1n) is 4.76. The van der Waals surface area contributed by atoms with Crippen molar-refractivity contribution in [2.75, 3.05) is 12.3 Å². The molecule has 0 unspecified atom stereocenters. The maximum absolute atomic E-state index is 11.4. The van der Waals surface area contributed by atoms with Crippen LogP contribution in [0.25, 0.3) is 0 Å². The third kappa shape index (κ3) is 4.32. The summed E-state index contributed by atoms with van der Waals surface area (Å²) in [6, 6.07) is 7.65. The Hall–Kier alpha value is -0.390. The van der Waals surface area contributed by atoms with Gasteiger partial charge in [-0.15, -0.1) is 0 Å². The standard InChI is InChI=1S/C10H14BrNO2S/c1-2-12-15(13,14)8-7-9-5-3-4-6-10(9)11/h3-6,12H,2,7-8H2,1H3. The Balaban J connectivity index is 2.62. The van der Waals surface area contributed by atoms with E-state index < -0.39 is 10.0 Å². The summed E-state index contributed by atoms with van der Waals surface area (Å²) >= 11 is 3.39. The van der Waals surface area contributed by atoms with E-state index in [1.807, 2.05) is 24.3 Å². The Morgan fingerprint density at radius 3 is 2.60 bits per heavy atom. The first kappa shape index (κ1) is 12.7. The highest BCUT2D eigenvalue weighted by Gasteiger charge is 2.09. The summed E-state index contributed by atoms with van der Waals surface area (Å²) in [5.74, 6) is 0.128. The van der Waals surface area contributed by atoms with Crippen LogP contribution in [0.3, 0.4) is 0 Å². The van der Waals surface area contributed by atoms with E-state index in [0.717, 1.165) is 10.0 Å². The average molecular weight is 292 g/mol. The molecule has 0 aliphatic carbocycles. The van der Waals surface area contributed by atoms with Crippen LogP contribution in [0, 0.1) is 0 Å². The zero-order valence-corrected chi connectivity index (χ0v) is 10.9. The Bertz CT molecular complexity index is 417. The van der Waals surface area contributed by atoms with Crippen LogP contribution in [0.4, 0.5) is 0 Å². The van der Waals surface area contributed by atoms with Crippen LogP contribution in [0.2, 0.25) is 0 Å². The maximum Gasteiger partial charge on any atom is 0.211 e. The average Bonchev–Trinajstić information content (AvgIpc) is 2.16. The number of sulfonamides is 1. The number of hydrogen-bond acceptors (Lipinski definition) is 2. The van der Waals surface area contributed by atoms with Crippen LogP contribution in [-0.4, -0.2) is 20.7 Å². The number of halogens is 1. The first-order valence-corrected chi connectivity index (χ1v) is 7.20. The number of nitrogens with one attached hydrogen (secondary N) is 1. The van der Waals surface area contributed by atoms with Crippen LogP contribution in [0.15, 0.2) is 28.7 Å². The van der Waals surface area contributed by atoms with E-state index in [9.17, 15) is 8.42 Å². The third-order valence-electron chi connectivity index (χ3n) is 1.96. The van der Waals surface area contributed by atoms with Crippen LogP contribution in [0.1, 0.15) is 12.5 Å². The third-order valence-corrected chi connectivity index (χ3v) is 4.21. The molecular weight excluding hydrogens is 278 g/mol. The van der Waals surface area contributed by atoms with Gasteiger partial charge in [0.05, 0.1) is 5.75 Å². The second-order valence-corrected chi connectivity index (χ2v) is 5.94. The van der Waals surface area contributed by atoms with Crippen LogP contribution < -0.4 is 4.72 Å². The largest absolute Gasteiger partial charge is 0.216 e. The summed E-state index contributed by atoms with van der Waals surface area (Å²) in [6.07, 6.45) is 0.525. The highest BCUT2D eigenvalue weighted by Crippen LogP contribution is 2.16. The zero-order valence-electron chi connectivity index (χ0n) is 8.53. The Kier molecular flexibility index (Phi) is 4.76. The zero-order chi connectivity index (χ0) is 11.3. The molecule has 0 saturated heterocycles. The van der Waals surface area contributed by atoms with Gasteiger partial charge < -0.3 is 0 Å². The van der Waals surface area contributed by atoms with Crippen LogP contribution in [-0.2, 0) is 16.4 Å². The molecule has 1 rings (SSSR count). The van der Waals surface area contributed by atoms with Crippen molar-refractivity contribution in [3.05, 3.63) is 34.3 Å². The molecule has 0 bridgehead atoms. The first-order chi connectivity index (χ1) is 7.05. The molecule has 0 aromatic heterocycles. The van der Waals surface area contributed by atoms with Crippen LogP contribution in [0.5, 0.6) is 0 Å². The highest BCUT2D eigenvalue weighted by atomic mass is 79.9. The van der Waals surface area contributed by atoms with E-state index in [4.69, 9.17) is 0 Å². The van der Waals surface area contributed by atoms with Crippen molar-refractivity contribution in [3.8, 4) is 0 Å². The van der Waals surface area contributed by atoms with Gasteiger partial charge in [0.15, 0.2) is 0 Å². The van der Waals surface area contributed by atoms with Gasteiger partial charge in [0.2, 0.25) is 10.0 Å². The molecule has 1 aromatic rings. The second-order valence-electron chi connectivity index (χ2n) is 3.16. The highest BCUT2D eigenvalue weighted by molar-refractivity contribution is 9.10. The fourth-order valence-corrected chi connectivity index (χ4v) is 2.79. The summed E-state index contributed by atoms with van der Waals surface area (Å²) in [5.41, 5.74) is 1.01. The lowest BCUT2D eigenvalue weighted by atomic mass is 10.2. The number of aryl methyl sites for hydroxylation is 1. The minimum Gasteiger partial charge on any atom is -0.216 e. The van der Waals surface area contributed by atoms with Crippen molar-refractivity contribution in [2.45, 2.75) is 13.3 Å². The van der Waals surface area contributed by atoms with Gasteiger partial charge in [-0.25, -0.2) is 13.1 Å².